The van der Waals surface area contributed by atoms with Gasteiger partial charge in [0.25, 0.3) is 0 Å². The van der Waals surface area contributed by atoms with Crippen LogP contribution >= 0.6 is 24.0 Å². The van der Waals surface area contributed by atoms with E-state index in [9.17, 15) is 0 Å². The summed E-state index contributed by atoms with van der Waals surface area (Å²) >= 11 is 0. The Hall–Kier alpha value is -0.0400. The SMILES string of the molecule is CCN1CCCCC1CNC(=NC)N1CCCC1.I. The molecule has 1 N–H and O–H groups in total. The van der Waals surface area contributed by atoms with Gasteiger partial charge in [-0.25, -0.2) is 0 Å². The molecule has 0 aromatic carbocycles. The van der Waals surface area contributed by atoms with Crippen LogP contribution in [0.1, 0.15) is 39.0 Å². The fourth-order valence-corrected chi connectivity index (χ4v) is 3.18. The molecule has 0 aliphatic carbocycles. The molecule has 2 fully saturated rings. The molecule has 2 saturated heterocycles. The van der Waals surface area contributed by atoms with Crippen molar-refractivity contribution >= 4 is 29.9 Å². The first kappa shape index (κ1) is 17.0. The van der Waals surface area contributed by atoms with E-state index >= 15 is 0 Å². The number of guanidine groups is 1. The molecule has 19 heavy (non-hydrogen) atoms. The first-order valence-electron chi connectivity index (χ1n) is 7.54. The maximum Gasteiger partial charge on any atom is 0.193 e. The van der Waals surface area contributed by atoms with Gasteiger partial charge in [-0.2, -0.15) is 0 Å². The van der Waals surface area contributed by atoms with Gasteiger partial charge in [-0.15, -0.1) is 24.0 Å². The number of hydrogen-bond acceptors (Lipinski definition) is 2. The van der Waals surface area contributed by atoms with Gasteiger partial charge in [0, 0.05) is 32.7 Å². The number of halogens is 1. The summed E-state index contributed by atoms with van der Waals surface area (Å²) in [6.07, 6.45) is 6.70. The van der Waals surface area contributed by atoms with E-state index in [2.05, 4.69) is 27.0 Å². The van der Waals surface area contributed by atoms with Gasteiger partial charge in [-0.3, -0.25) is 9.89 Å². The van der Waals surface area contributed by atoms with Crippen molar-refractivity contribution in [1.29, 1.82) is 0 Å². The number of nitrogens with one attached hydrogen (secondary N) is 1. The topological polar surface area (TPSA) is 30.9 Å². The summed E-state index contributed by atoms with van der Waals surface area (Å²) in [5, 5.41) is 3.58. The highest BCUT2D eigenvalue weighted by atomic mass is 127. The average Bonchev–Trinajstić information content (AvgIpc) is 2.94. The van der Waals surface area contributed by atoms with E-state index in [1.807, 2.05) is 7.05 Å². The van der Waals surface area contributed by atoms with Gasteiger partial charge in [0.2, 0.25) is 0 Å². The van der Waals surface area contributed by atoms with Crippen LogP contribution in [-0.4, -0.2) is 61.6 Å². The summed E-state index contributed by atoms with van der Waals surface area (Å²) < 4.78 is 0. The van der Waals surface area contributed by atoms with Crippen LogP contribution in [-0.2, 0) is 0 Å². The van der Waals surface area contributed by atoms with Crippen LogP contribution in [0.25, 0.3) is 0 Å². The van der Waals surface area contributed by atoms with E-state index in [1.54, 1.807) is 0 Å². The second-order valence-electron chi connectivity index (χ2n) is 5.40. The third-order valence-corrected chi connectivity index (χ3v) is 4.27. The van der Waals surface area contributed by atoms with Gasteiger partial charge >= 0.3 is 0 Å². The summed E-state index contributed by atoms with van der Waals surface area (Å²) in [5.41, 5.74) is 0. The zero-order chi connectivity index (χ0) is 12.8. The van der Waals surface area contributed by atoms with Crippen molar-refractivity contribution in [3.05, 3.63) is 0 Å². The lowest BCUT2D eigenvalue weighted by Crippen LogP contribution is -2.49. The van der Waals surface area contributed by atoms with Gasteiger partial charge in [0.05, 0.1) is 0 Å². The molecule has 2 heterocycles. The first-order chi connectivity index (χ1) is 8.85. The molecule has 0 saturated carbocycles. The van der Waals surface area contributed by atoms with Crippen LogP contribution in [0.3, 0.4) is 0 Å². The smallest absolute Gasteiger partial charge is 0.193 e. The quantitative estimate of drug-likeness (QED) is 0.463. The van der Waals surface area contributed by atoms with Crippen LogP contribution in [0.15, 0.2) is 4.99 Å². The molecule has 1 unspecified atom stereocenters. The average molecular weight is 380 g/mol. The molecule has 0 aromatic rings. The fraction of sp³-hybridized carbons (Fsp3) is 0.929. The van der Waals surface area contributed by atoms with Crippen molar-refractivity contribution in [1.82, 2.24) is 15.1 Å². The molecule has 0 amide bonds. The van der Waals surface area contributed by atoms with E-state index in [1.165, 1.54) is 58.3 Å². The minimum atomic E-state index is 0. The predicted octanol–water partition coefficient (Wildman–Crippen LogP) is 2.15. The monoisotopic (exact) mass is 380 g/mol. The highest BCUT2D eigenvalue weighted by molar-refractivity contribution is 14.0. The highest BCUT2D eigenvalue weighted by Gasteiger charge is 2.22. The van der Waals surface area contributed by atoms with Gasteiger partial charge < -0.3 is 10.2 Å². The summed E-state index contributed by atoms with van der Waals surface area (Å²) in [4.78, 5) is 9.41. The van der Waals surface area contributed by atoms with Crippen molar-refractivity contribution in [3.8, 4) is 0 Å². The lowest BCUT2D eigenvalue weighted by Gasteiger charge is -2.35. The summed E-state index contributed by atoms with van der Waals surface area (Å²) in [6.45, 7) is 8.11. The molecule has 2 aliphatic heterocycles. The van der Waals surface area contributed by atoms with Crippen LogP contribution in [0, 0.1) is 0 Å². The Balaban J connectivity index is 0.00000180. The minimum Gasteiger partial charge on any atom is -0.355 e. The number of likely N-dealkylation sites (N-methyl/N-ethyl adjacent to an activating group) is 1. The van der Waals surface area contributed by atoms with Crippen molar-refractivity contribution in [2.24, 2.45) is 4.99 Å². The Morgan fingerprint density at radius 3 is 2.47 bits per heavy atom. The Kier molecular flexibility index (Phi) is 8.06. The van der Waals surface area contributed by atoms with E-state index in [-0.39, 0.29) is 24.0 Å². The molecule has 0 radical (unpaired) electrons. The number of rotatable bonds is 3. The van der Waals surface area contributed by atoms with Crippen molar-refractivity contribution in [2.45, 2.75) is 45.1 Å². The molecule has 0 aromatic heterocycles. The third-order valence-electron chi connectivity index (χ3n) is 4.27. The van der Waals surface area contributed by atoms with Gasteiger partial charge in [0.15, 0.2) is 5.96 Å². The number of likely N-dealkylation sites (tertiary alicyclic amines) is 2. The summed E-state index contributed by atoms with van der Waals surface area (Å²) in [6, 6.07) is 0.697. The van der Waals surface area contributed by atoms with E-state index < -0.39 is 0 Å². The zero-order valence-electron chi connectivity index (χ0n) is 12.4. The molecule has 5 heteroatoms. The number of nitrogens with zero attached hydrogens (tertiary/aromatic N) is 3. The second-order valence-corrected chi connectivity index (χ2v) is 5.40. The van der Waals surface area contributed by atoms with Crippen LogP contribution in [0.4, 0.5) is 0 Å². The van der Waals surface area contributed by atoms with Crippen molar-refractivity contribution in [2.75, 3.05) is 39.8 Å². The van der Waals surface area contributed by atoms with Gasteiger partial charge in [0.1, 0.15) is 0 Å². The molecule has 2 rings (SSSR count). The predicted molar refractivity (Wildman–Crippen MR) is 92.5 cm³/mol. The van der Waals surface area contributed by atoms with E-state index in [0.717, 1.165) is 12.5 Å². The Morgan fingerprint density at radius 1 is 1.16 bits per heavy atom. The lowest BCUT2D eigenvalue weighted by atomic mass is 10.0. The van der Waals surface area contributed by atoms with Gasteiger partial charge in [-0.1, -0.05) is 13.3 Å². The number of piperidine rings is 1. The Morgan fingerprint density at radius 2 is 1.84 bits per heavy atom. The maximum absolute atomic E-state index is 4.42. The molecule has 0 spiro atoms. The standard InChI is InChI=1S/C14H28N4.HI/c1-3-17-9-5-4-8-13(17)12-16-14(15-2)18-10-6-7-11-18;/h13H,3-12H2,1-2H3,(H,15,16);1H. The molecule has 112 valence electrons. The molecule has 4 nitrogen and oxygen atoms in total. The number of hydrogen-bond donors (Lipinski definition) is 1. The first-order valence-corrected chi connectivity index (χ1v) is 7.54. The molecular weight excluding hydrogens is 351 g/mol. The molecular formula is C14H29IN4. The van der Waals surface area contributed by atoms with Gasteiger partial charge in [-0.05, 0) is 38.8 Å². The van der Waals surface area contributed by atoms with Crippen molar-refractivity contribution < 1.29 is 0 Å². The Labute approximate surface area is 135 Å². The van der Waals surface area contributed by atoms with E-state index in [4.69, 9.17) is 0 Å². The van der Waals surface area contributed by atoms with Crippen LogP contribution in [0.2, 0.25) is 0 Å². The lowest BCUT2D eigenvalue weighted by molar-refractivity contribution is 0.157. The largest absolute Gasteiger partial charge is 0.355 e. The Bertz CT molecular complexity index is 277. The second kappa shape index (κ2) is 9.00. The summed E-state index contributed by atoms with van der Waals surface area (Å²) in [5.74, 6) is 1.11. The van der Waals surface area contributed by atoms with Crippen molar-refractivity contribution in [3.63, 3.8) is 0 Å². The third kappa shape index (κ3) is 4.77. The number of aliphatic imine (C=N–C) groups is 1. The maximum atomic E-state index is 4.42. The molecule has 2 aliphatic rings. The fourth-order valence-electron chi connectivity index (χ4n) is 3.18. The van der Waals surface area contributed by atoms with Crippen LogP contribution in [0.5, 0.6) is 0 Å². The highest BCUT2D eigenvalue weighted by Crippen LogP contribution is 2.16. The van der Waals surface area contributed by atoms with E-state index in [0.29, 0.717) is 6.04 Å². The molecule has 1 atom stereocenters. The molecule has 0 bridgehead atoms. The van der Waals surface area contributed by atoms with Crippen LogP contribution < -0.4 is 5.32 Å². The minimum absolute atomic E-state index is 0. The summed E-state index contributed by atoms with van der Waals surface area (Å²) in [7, 11) is 1.90. The normalized spacial score (nSPS) is 25.3. The zero-order valence-corrected chi connectivity index (χ0v) is 14.7.